The van der Waals surface area contributed by atoms with Gasteiger partial charge in [0.25, 0.3) is 0 Å². The van der Waals surface area contributed by atoms with Crippen molar-refractivity contribution in [3.8, 4) is 0 Å². The summed E-state index contributed by atoms with van der Waals surface area (Å²) in [6.07, 6.45) is 2.06. The molecule has 0 aliphatic rings. The average Bonchev–Trinajstić information content (AvgIpc) is 2.60. The number of benzene rings is 1. The van der Waals surface area contributed by atoms with Crippen LogP contribution in [0.4, 0.5) is 5.69 Å². The fourth-order valence-corrected chi connectivity index (χ4v) is 3.34. The van der Waals surface area contributed by atoms with Gasteiger partial charge in [0.2, 0.25) is 0 Å². The lowest BCUT2D eigenvalue weighted by molar-refractivity contribution is 1.48. The van der Waals surface area contributed by atoms with E-state index in [1.54, 1.807) is 23.1 Å². The Morgan fingerprint density at radius 3 is 3.00 bits per heavy atom. The molecular weight excluding hydrogens is 218 g/mol. The van der Waals surface area contributed by atoms with Gasteiger partial charge in [-0.3, -0.25) is 0 Å². The second-order valence-electron chi connectivity index (χ2n) is 2.68. The van der Waals surface area contributed by atoms with Crippen molar-refractivity contribution >= 4 is 51.5 Å². The minimum Gasteiger partial charge on any atom is -0.398 e. The van der Waals surface area contributed by atoms with Crippen molar-refractivity contribution < 1.29 is 0 Å². The van der Waals surface area contributed by atoms with Crippen molar-refractivity contribution in [2.75, 3.05) is 12.0 Å². The first kappa shape index (κ1) is 9.24. The van der Waals surface area contributed by atoms with Crippen LogP contribution in [0.15, 0.2) is 27.3 Å². The van der Waals surface area contributed by atoms with Crippen molar-refractivity contribution in [3.05, 3.63) is 17.5 Å². The summed E-state index contributed by atoms with van der Waals surface area (Å²) in [5.41, 5.74) is 6.60. The van der Waals surface area contributed by atoms with Crippen LogP contribution in [-0.4, -0.2) is 6.26 Å². The lowest BCUT2D eigenvalue weighted by Gasteiger charge is -2.04. The van der Waals surface area contributed by atoms with E-state index in [9.17, 15) is 0 Å². The number of thiophene rings is 1. The molecule has 0 amide bonds. The molecule has 1 nitrogen and oxygen atoms in total. The van der Waals surface area contributed by atoms with E-state index in [0.29, 0.717) is 0 Å². The first-order valence-electron chi connectivity index (χ1n) is 3.76. The fraction of sp³-hybridized carbons (Fsp3) is 0.111. The van der Waals surface area contributed by atoms with Crippen molar-refractivity contribution in [1.29, 1.82) is 0 Å². The number of thioether (sulfide) groups is 1. The van der Waals surface area contributed by atoms with E-state index >= 15 is 0 Å². The number of nitrogen functional groups attached to an aromatic ring is 1. The summed E-state index contributed by atoms with van der Waals surface area (Å²) < 4.78 is 1.28. The Labute approximate surface area is 90.7 Å². The van der Waals surface area contributed by atoms with Gasteiger partial charge in [-0.1, -0.05) is 0 Å². The largest absolute Gasteiger partial charge is 0.398 e. The highest BCUT2D eigenvalue weighted by Gasteiger charge is 2.07. The van der Waals surface area contributed by atoms with Crippen molar-refractivity contribution in [3.63, 3.8) is 0 Å². The minimum absolute atomic E-state index is 0.763. The van der Waals surface area contributed by atoms with Gasteiger partial charge in [-0.25, -0.2) is 0 Å². The van der Waals surface area contributed by atoms with Crippen LogP contribution in [0.3, 0.4) is 0 Å². The Hall–Kier alpha value is -0.320. The molecule has 1 aromatic carbocycles. The van der Waals surface area contributed by atoms with E-state index in [-0.39, 0.29) is 0 Å². The predicted molar refractivity (Wildman–Crippen MR) is 65.3 cm³/mol. The van der Waals surface area contributed by atoms with Crippen LogP contribution in [0, 0.1) is 0 Å². The van der Waals surface area contributed by atoms with E-state index < -0.39 is 0 Å². The van der Waals surface area contributed by atoms with Gasteiger partial charge in [-0.05, 0) is 23.8 Å². The number of anilines is 1. The van der Waals surface area contributed by atoms with E-state index in [2.05, 4.69) is 30.3 Å². The molecule has 2 rings (SSSR count). The first-order valence-corrected chi connectivity index (χ1v) is 6.32. The Kier molecular flexibility index (Phi) is 2.45. The zero-order valence-corrected chi connectivity index (χ0v) is 9.60. The molecule has 0 bridgehead atoms. The summed E-state index contributed by atoms with van der Waals surface area (Å²) in [7, 11) is 0. The summed E-state index contributed by atoms with van der Waals surface area (Å²) in [6, 6.07) is 4.06. The topological polar surface area (TPSA) is 26.0 Å². The smallest absolute Gasteiger partial charge is 0.0491 e. The van der Waals surface area contributed by atoms with E-state index in [4.69, 9.17) is 5.73 Å². The Morgan fingerprint density at radius 2 is 2.31 bits per heavy atom. The molecule has 0 spiro atoms. The van der Waals surface area contributed by atoms with Crippen LogP contribution < -0.4 is 5.73 Å². The second-order valence-corrected chi connectivity index (χ2v) is 4.89. The quantitative estimate of drug-likeness (QED) is 0.443. The zero-order valence-electron chi connectivity index (χ0n) is 7.07. The molecule has 0 aliphatic heterocycles. The number of nitrogens with two attached hydrogens (primary N) is 1. The molecule has 0 saturated heterocycles. The van der Waals surface area contributed by atoms with E-state index in [0.717, 1.165) is 16.0 Å². The molecular formula is C9H9NS3. The molecule has 0 fully saturated rings. The van der Waals surface area contributed by atoms with Crippen LogP contribution in [0.25, 0.3) is 10.1 Å². The Balaban J connectivity index is 2.87. The molecule has 4 heteroatoms. The molecule has 0 aliphatic carbocycles. The normalized spacial score (nSPS) is 10.9. The zero-order chi connectivity index (χ0) is 9.42. The molecule has 13 heavy (non-hydrogen) atoms. The van der Waals surface area contributed by atoms with Crippen molar-refractivity contribution in [2.24, 2.45) is 0 Å². The highest BCUT2D eigenvalue weighted by atomic mass is 32.2. The van der Waals surface area contributed by atoms with Gasteiger partial charge in [-0.15, -0.1) is 35.7 Å². The number of rotatable bonds is 1. The SMILES string of the molecule is CSc1cc(N)c(S)c2ccsc12. The molecule has 0 saturated carbocycles. The van der Waals surface area contributed by atoms with Crippen LogP contribution >= 0.6 is 35.7 Å². The van der Waals surface area contributed by atoms with Gasteiger partial charge >= 0.3 is 0 Å². The molecule has 1 heterocycles. The standard InChI is InChI=1S/C9H9NS3/c1-12-7-4-6(10)8(11)5-2-3-13-9(5)7/h2-4,11H,10H2,1H3. The molecule has 0 atom stereocenters. The molecule has 0 unspecified atom stereocenters. The van der Waals surface area contributed by atoms with Gasteiger partial charge in [0.05, 0.1) is 0 Å². The minimum atomic E-state index is 0.763. The monoisotopic (exact) mass is 227 g/mol. The highest BCUT2D eigenvalue weighted by molar-refractivity contribution is 7.99. The third-order valence-electron chi connectivity index (χ3n) is 1.92. The number of thiol groups is 1. The maximum Gasteiger partial charge on any atom is 0.0491 e. The Bertz CT molecular complexity index is 447. The first-order chi connectivity index (χ1) is 6.24. The lowest BCUT2D eigenvalue weighted by atomic mass is 10.2. The van der Waals surface area contributed by atoms with Crippen molar-refractivity contribution in [1.82, 2.24) is 0 Å². The fourth-order valence-electron chi connectivity index (χ4n) is 1.27. The molecule has 68 valence electrons. The average molecular weight is 227 g/mol. The summed E-state index contributed by atoms with van der Waals surface area (Å²) in [5.74, 6) is 0. The third-order valence-corrected chi connectivity index (χ3v) is 4.26. The summed E-state index contributed by atoms with van der Waals surface area (Å²) in [4.78, 5) is 2.13. The maximum absolute atomic E-state index is 5.84. The van der Waals surface area contributed by atoms with E-state index in [1.807, 2.05) is 6.07 Å². The second kappa shape index (κ2) is 3.44. The third kappa shape index (κ3) is 1.43. The van der Waals surface area contributed by atoms with Gasteiger partial charge < -0.3 is 5.73 Å². The highest BCUT2D eigenvalue weighted by Crippen LogP contribution is 2.37. The summed E-state index contributed by atoms with van der Waals surface area (Å²) >= 11 is 7.85. The maximum atomic E-state index is 5.84. The summed E-state index contributed by atoms with van der Waals surface area (Å²) in [6.45, 7) is 0. The molecule has 2 N–H and O–H groups in total. The number of hydrogen-bond acceptors (Lipinski definition) is 4. The number of hydrogen-bond donors (Lipinski definition) is 2. The molecule has 0 radical (unpaired) electrons. The van der Waals surface area contributed by atoms with Crippen LogP contribution in [0.2, 0.25) is 0 Å². The lowest BCUT2D eigenvalue weighted by Crippen LogP contribution is -1.87. The summed E-state index contributed by atoms with van der Waals surface area (Å²) in [5, 5.41) is 3.24. The van der Waals surface area contributed by atoms with Gasteiger partial charge in [0.15, 0.2) is 0 Å². The van der Waals surface area contributed by atoms with Crippen LogP contribution in [0.1, 0.15) is 0 Å². The molecule has 2 aromatic rings. The van der Waals surface area contributed by atoms with Crippen LogP contribution in [0.5, 0.6) is 0 Å². The van der Waals surface area contributed by atoms with Gasteiger partial charge in [-0.2, -0.15) is 0 Å². The molecule has 1 aromatic heterocycles. The predicted octanol–water partition coefficient (Wildman–Crippen LogP) is 3.49. The van der Waals surface area contributed by atoms with Gasteiger partial charge in [0, 0.05) is 25.6 Å². The number of fused-ring (bicyclic) bond motifs is 1. The van der Waals surface area contributed by atoms with Crippen molar-refractivity contribution in [2.45, 2.75) is 9.79 Å². The van der Waals surface area contributed by atoms with Gasteiger partial charge in [0.1, 0.15) is 0 Å². The van der Waals surface area contributed by atoms with Crippen LogP contribution in [-0.2, 0) is 0 Å². The van der Waals surface area contributed by atoms with E-state index in [1.165, 1.54) is 9.60 Å². The Morgan fingerprint density at radius 1 is 1.54 bits per heavy atom.